The van der Waals surface area contributed by atoms with Crippen LogP contribution in [0.5, 0.6) is 0 Å². The Hall–Kier alpha value is 0.434. The van der Waals surface area contributed by atoms with Crippen molar-refractivity contribution in [3.63, 3.8) is 0 Å². The Morgan fingerprint density at radius 1 is 0.500 bits per heavy atom. The largest absolute Gasteiger partial charge is 0.0612 e. The van der Waals surface area contributed by atoms with Crippen LogP contribution in [0.2, 0.25) is 35.5 Å². The molecule has 2 heteroatoms. The Kier molecular flexibility index (Phi) is 1.61. The lowest BCUT2D eigenvalue weighted by Gasteiger charge is -2.51. The van der Waals surface area contributed by atoms with Crippen LogP contribution in [0.1, 0.15) is 25.7 Å². The number of hydrogen-bond acceptors (Lipinski definition) is 0. The third-order valence-electron chi connectivity index (χ3n) is 4.83. The predicted octanol–water partition coefficient (Wildman–Crippen LogP) is 3.56. The van der Waals surface area contributed by atoms with E-state index in [4.69, 9.17) is 0 Å². The first-order valence-electron chi connectivity index (χ1n) is 5.83. The van der Waals surface area contributed by atoms with E-state index in [0.29, 0.717) is 0 Å². The van der Waals surface area contributed by atoms with Crippen LogP contribution in [-0.2, 0) is 0 Å². The van der Waals surface area contributed by atoms with Crippen molar-refractivity contribution in [3.05, 3.63) is 0 Å². The van der Waals surface area contributed by atoms with Crippen LogP contribution in [0, 0.1) is 0 Å². The third kappa shape index (κ3) is 1.00. The van der Waals surface area contributed by atoms with Gasteiger partial charge in [-0.3, -0.25) is 0 Å². The van der Waals surface area contributed by atoms with Gasteiger partial charge in [0.2, 0.25) is 0 Å². The molecule has 68 valence electrons. The maximum atomic E-state index is 1.90. The van der Waals surface area contributed by atoms with Crippen LogP contribution in [0.3, 0.4) is 0 Å². The molecule has 0 aromatic heterocycles. The number of rotatable bonds is 0. The molecular formula is C10H20Si2. The average molecular weight is 196 g/mol. The summed E-state index contributed by atoms with van der Waals surface area (Å²) >= 11 is 0. The lowest BCUT2D eigenvalue weighted by molar-refractivity contribution is 0.935. The van der Waals surface area contributed by atoms with Gasteiger partial charge < -0.3 is 0 Å². The van der Waals surface area contributed by atoms with Gasteiger partial charge in [0.15, 0.2) is 0 Å². The average Bonchev–Trinajstić information content (AvgIpc) is 2.58. The summed E-state index contributed by atoms with van der Waals surface area (Å²) in [5, 5.41) is 0. The monoisotopic (exact) mass is 196 g/mol. The van der Waals surface area contributed by atoms with E-state index in [-0.39, 0.29) is 0 Å². The molecule has 0 unspecified atom stereocenters. The van der Waals surface area contributed by atoms with E-state index in [1.165, 1.54) is 0 Å². The molecule has 3 rings (SSSR count). The van der Waals surface area contributed by atoms with Gasteiger partial charge in [0, 0.05) is 16.1 Å². The fourth-order valence-corrected chi connectivity index (χ4v) is 27.0. The minimum Gasteiger partial charge on any atom is -0.0612 e. The SMILES string of the molecule is C1CC[Si]2(C1)C[Si]1(CCCC1)C2. The highest BCUT2D eigenvalue weighted by molar-refractivity contribution is 7.14. The molecule has 3 fully saturated rings. The molecule has 3 aliphatic heterocycles. The molecule has 0 aliphatic carbocycles. The molecule has 0 aromatic rings. The highest BCUT2D eigenvalue weighted by atomic mass is 28.5. The zero-order valence-corrected chi connectivity index (χ0v) is 10.1. The maximum absolute atomic E-state index is 1.90. The van der Waals surface area contributed by atoms with Crippen LogP contribution in [0.15, 0.2) is 0 Å². The lowest BCUT2D eigenvalue weighted by Crippen LogP contribution is -2.59. The van der Waals surface area contributed by atoms with E-state index >= 15 is 0 Å². The second-order valence-corrected chi connectivity index (χ2v) is 16.6. The summed E-state index contributed by atoms with van der Waals surface area (Å²) < 4.78 is 0. The van der Waals surface area contributed by atoms with Crippen LogP contribution >= 0.6 is 0 Å². The van der Waals surface area contributed by atoms with Crippen molar-refractivity contribution in [2.75, 3.05) is 0 Å². The van der Waals surface area contributed by atoms with Gasteiger partial charge in [-0.1, -0.05) is 61.2 Å². The molecular weight excluding hydrogens is 176 g/mol. The molecule has 0 atom stereocenters. The van der Waals surface area contributed by atoms with Crippen molar-refractivity contribution in [2.45, 2.75) is 61.2 Å². The van der Waals surface area contributed by atoms with Gasteiger partial charge in [-0.05, 0) is 0 Å². The molecule has 12 heavy (non-hydrogen) atoms. The molecule has 0 saturated carbocycles. The molecule has 2 spiro atoms. The quantitative estimate of drug-likeness (QED) is 0.520. The van der Waals surface area contributed by atoms with Gasteiger partial charge in [-0.25, -0.2) is 0 Å². The van der Waals surface area contributed by atoms with E-state index in [9.17, 15) is 0 Å². The van der Waals surface area contributed by atoms with E-state index < -0.39 is 16.1 Å². The highest BCUT2D eigenvalue weighted by Crippen LogP contribution is 2.56. The number of hydrogen-bond donors (Lipinski definition) is 0. The van der Waals surface area contributed by atoms with Gasteiger partial charge >= 0.3 is 0 Å². The normalized spacial score (nSPS) is 36.0. The predicted molar refractivity (Wildman–Crippen MR) is 58.8 cm³/mol. The summed E-state index contributed by atoms with van der Waals surface area (Å²) in [4.78, 5) is 0. The standard InChI is InChI=1S/C10H20Si2/c1-2-6-11(5-1)9-12(10-11)7-3-4-8-12/h1-10H2. The smallest absolute Gasteiger partial charge is 0.0483 e. The summed E-state index contributed by atoms with van der Waals surface area (Å²) in [6.07, 6.45) is 6.49. The fraction of sp³-hybridized carbons (Fsp3) is 1.00. The molecule has 0 bridgehead atoms. The third-order valence-corrected chi connectivity index (χ3v) is 22.5. The first-order chi connectivity index (χ1) is 5.83. The van der Waals surface area contributed by atoms with Crippen molar-refractivity contribution in [1.29, 1.82) is 0 Å². The van der Waals surface area contributed by atoms with Crippen LogP contribution < -0.4 is 0 Å². The van der Waals surface area contributed by atoms with Crippen molar-refractivity contribution in [2.24, 2.45) is 0 Å². The molecule has 0 N–H and O–H groups in total. The maximum Gasteiger partial charge on any atom is 0.0483 e. The second kappa shape index (κ2) is 2.47. The Balaban J connectivity index is 1.69. The molecule has 3 saturated heterocycles. The Labute approximate surface area is 77.8 Å². The van der Waals surface area contributed by atoms with Crippen LogP contribution in [0.25, 0.3) is 0 Å². The van der Waals surface area contributed by atoms with E-state index in [1.807, 2.05) is 11.3 Å². The molecule has 3 heterocycles. The molecule has 0 nitrogen and oxygen atoms in total. The molecule has 0 amide bonds. The highest BCUT2D eigenvalue weighted by Gasteiger charge is 2.57. The van der Waals surface area contributed by atoms with Crippen molar-refractivity contribution < 1.29 is 0 Å². The van der Waals surface area contributed by atoms with Gasteiger partial charge in [0.1, 0.15) is 0 Å². The minimum atomic E-state index is -0.455. The van der Waals surface area contributed by atoms with Crippen molar-refractivity contribution >= 4 is 16.1 Å². The summed E-state index contributed by atoms with van der Waals surface area (Å²) in [5.74, 6) is 0. The zero-order valence-electron chi connectivity index (χ0n) is 8.07. The summed E-state index contributed by atoms with van der Waals surface area (Å²) in [7, 11) is -0.911. The van der Waals surface area contributed by atoms with Gasteiger partial charge in [-0.15, -0.1) is 0 Å². The topological polar surface area (TPSA) is 0 Å². The lowest BCUT2D eigenvalue weighted by atomic mass is 10.4. The minimum absolute atomic E-state index is 0.455. The van der Waals surface area contributed by atoms with Crippen LogP contribution in [-0.4, -0.2) is 16.1 Å². The van der Waals surface area contributed by atoms with E-state index in [1.54, 1.807) is 49.9 Å². The van der Waals surface area contributed by atoms with Crippen LogP contribution in [0.4, 0.5) is 0 Å². The first kappa shape index (κ1) is 7.80. The Morgan fingerprint density at radius 3 is 1.17 bits per heavy atom. The molecule has 0 radical (unpaired) electrons. The van der Waals surface area contributed by atoms with Gasteiger partial charge in [-0.2, -0.15) is 0 Å². The summed E-state index contributed by atoms with van der Waals surface area (Å²) in [5.41, 5.74) is 3.81. The molecule has 0 aromatic carbocycles. The molecule has 3 aliphatic rings. The summed E-state index contributed by atoms with van der Waals surface area (Å²) in [6, 6.07) is 7.01. The fourth-order valence-electron chi connectivity index (χ4n) is 4.50. The Morgan fingerprint density at radius 2 is 0.833 bits per heavy atom. The Bertz CT molecular complexity index is 158. The van der Waals surface area contributed by atoms with E-state index in [2.05, 4.69) is 0 Å². The van der Waals surface area contributed by atoms with Crippen molar-refractivity contribution in [1.82, 2.24) is 0 Å². The van der Waals surface area contributed by atoms with Gasteiger partial charge in [0.25, 0.3) is 0 Å². The van der Waals surface area contributed by atoms with Gasteiger partial charge in [0.05, 0.1) is 0 Å². The second-order valence-electron chi connectivity index (χ2n) is 5.77. The van der Waals surface area contributed by atoms with Crippen molar-refractivity contribution in [3.8, 4) is 0 Å². The summed E-state index contributed by atoms with van der Waals surface area (Å²) in [6.45, 7) is 0. The zero-order chi connectivity index (χ0) is 8.07. The first-order valence-corrected chi connectivity index (χ1v) is 11.5. The van der Waals surface area contributed by atoms with E-state index in [0.717, 1.165) is 0 Å².